The van der Waals surface area contributed by atoms with Crippen LogP contribution < -0.4 is 9.46 Å². The van der Waals surface area contributed by atoms with E-state index in [-0.39, 0.29) is 22.7 Å². The molecule has 3 rings (SSSR count). The summed E-state index contributed by atoms with van der Waals surface area (Å²) in [5.74, 6) is -0.588. The molecule has 184 valence electrons. The first-order valence-electron chi connectivity index (χ1n) is 10.8. The van der Waals surface area contributed by atoms with Gasteiger partial charge in [-0.25, -0.2) is 13.2 Å². The fourth-order valence-corrected chi connectivity index (χ4v) is 4.85. The minimum atomic E-state index is -3.95. The molecule has 9 heteroatoms. The SMILES string of the molecule is COc1ccccc1CN(C)C(=O)COC(=O)c1ccccc1NS(=O)(=O)c1cc(C)ccc1C. The number of likely N-dealkylation sites (N-methyl/N-ethyl adjacent to an activating group) is 1. The van der Waals surface area contributed by atoms with Gasteiger partial charge in [0.25, 0.3) is 15.9 Å². The number of carbonyl (C=O) groups is 2. The average Bonchev–Trinajstić information content (AvgIpc) is 2.84. The molecule has 0 unspecified atom stereocenters. The second-order valence-electron chi connectivity index (χ2n) is 8.06. The Balaban J connectivity index is 1.70. The van der Waals surface area contributed by atoms with Crippen LogP contribution in [0.5, 0.6) is 5.75 Å². The van der Waals surface area contributed by atoms with E-state index in [9.17, 15) is 18.0 Å². The van der Waals surface area contributed by atoms with Crippen molar-refractivity contribution in [3.05, 3.63) is 89.0 Å². The zero-order valence-electron chi connectivity index (χ0n) is 20.1. The van der Waals surface area contributed by atoms with E-state index in [2.05, 4.69) is 4.72 Å². The lowest BCUT2D eigenvalue weighted by molar-refractivity contribution is -0.133. The summed E-state index contributed by atoms with van der Waals surface area (Å²) in [6.45, 7) is 3.27. The summed E-state index contributed by atoms with van der Waals surface area (Å²) in [5.41, 5.74) is 2.24. The quantitative estimate of drug-likeness (QED) is 0.451. The lowest BCUT2D eigenvalue weighted by Gasteiger charge is -2.19. The van der Waals surface area contributed by atoms with E-state index in [1.54, 1.807) is 58.3 Å². The third-order valence-electron chi connectivity index (χ3n) is 5.38. The number of anilines is 1. The van der Waals surface area contributed by atoms with Crippen LogP contribution in [0.4, 0.5) is 5.69 Å². The number of hydrogen-bond acceptors (Lipinski definition) is 6. The van der Waals surface area contributed by atoms with Crippen LogP contribution in [0.15, 0.2) is 71.6 Å². The van der Waals surface area contributed by atoms with Gasteiger partial charge in [0, 0.05) is 19.2 Å². The summed E-state index contributed by atoms with van der Waals surface area (Å²) in [7, 11) is -0.811. The van der Waals surface area contributed by atoms with E-state index in [4.69, 9.17) is 9.47 Å². The van der Waals surface area contributed by atoms with Gasteiger partial charge >= 0.3 is 5.97 Å². The summed E-state index contributed by atoms with van der Waals surface area (Å²) >= 11 is 0. The Morgan fingerprint density at radius 2 is 1.66 bits per heavy atom. The molecule has 0 aliphatic carbocycles. The van der Waals surface area contributed by atoms with Gasteiger partial charge in [-0.2, -0.15) is 0 Å². The van der Waals surface area contributed by atoms with Gasteiger partial charge in [-0.05, 0) is 49.2 Å². The number of methoxy groups -OCH3 is 1. The summed E-state index contributed by atoms with van der Waals surface area (Å²) in [4.78, 5) is 26.8. The first kappa shape index (κ1) is 25.8. The molecule has 1 amide bonds. The monoisotopic (exact) mass is 496 g/mol. The Kier molecular flexibility index (Phi) is 8.14. The minimum Gasteiger partial charge on any atom is -0.496 e. The average molecular weight is 497 g/mol. The van der Waals surface area contributed by atoms with Gasteiger partial charge in [-0.1, -0.05) is 42.5 Å². The second-order valence-corrected chi connectivity index (χ2v) is 9.71. The molecule has 35 heavy (non-hydrogen) atoms. The first-order valence-corrected chi connectivity index (χ1v) is 12.3. The molecular weight excluding hydrogens is 468 g/mol. The van der Waals surface area contributed by atoms with Crippen LogP contribution in [0.25, 0.3) is 0 Å². The third-order valence-corrected chi connectivity index (χ3v) is 6.88. The van der Waals surface area contributed by atoms with Crippen LogP contribution in [-0.4, -0.2) is 46.0 Å². The van der Waals surface area contributed by atoms with Crippen molar-refractivity contribution < 1.29 is 27.5 Å². The van der Waals surface area contributed by atoms with Crippen LogP contribution in [0, 0.1) is 13.8 Å². The molecule has 0 aliphatic heterocycles. The molecule has 0 saturated carbocycles. The number of ether oxygens (including phenoxy) is 2. The number of hydrogen-bond donors (Lipinski definition) is 1. The second kappa shape index (κ2) is 11.1. The van der Waals surface area contributed by atoms with Crippen LogP contribution in [0.1, 0.15) is 27.0 Å². The lowest BCUT2D eigenvalue weighted by Crippen LogP contribution is -2.31. The summed E-state index contributed by atoms with van der Waals surface area (Å²) < 4.78 is 39.0. The van der Waals surface area contributed by atoms with E-state index >= 15 is 0 Å². The predicted molar refractivity (Wildman–Crippen MR) is 133 cm³/mol. The van der Waals surface area contributed by atoms with E-state index in [0.29, 0.717) is 11.3 Å². The molecule has 8 nitrogen and oxygen atoms in total. The number of benzene rings is 3. The molecule has 0 radical (unpaired) electrons. The maximum Gasteiger partial charge on any atom is 0.340 e. The van der Waals surface area contributed by atoms with Crippen LogP contribution in [0.3, 0.4) is 0 Å². The van der Waals surface area contributed by atoms with Crippen LogP contribution in [-0.2, 0) is 26.1 Å². The topological polar surface area (TPSA) is 102 Å². The number of aryl methyl sites for hydroxylation is 2. The van der Waals surface area contributed by atoms with E-state index in [1.807, 2.05) is 24.3 Å². The first-order chi connectivity index (χ1) is 16.6. The summed E-state index contributed by atoms with van der Waals surface area (Å²) in [6, 6.07) is 18.5. The molecule has 0 atom stereocenters. The zero-order chi connectivity index (χ0) is 25.6. The number of carbonyl (C=O) groups excluding carboxylic acids is 2. The number of amides is 1. The molecule has 0 spiro atoms. The molecule has 0 heterocycles. The number of rotatable bonds is 9. The Labute approximate surface area is 205 Å². The largest absolute Gasteiger partial charge is 0.496 e. The van der Waals surface area contributed by atoms with Crippen molar-refractivity contribution in [3.8, 4) is 5.75 Å². The van der Waals surface area contributed by atoms with Crippen LogP contribution in [0.2, 0.25) is 0 Å². The predicted octanol–water partition coefficient (Wildman–Crippen LogP) is 3.93. The Bertz CT molecular complexity index is 1340. The maximum atomic E-state index is 13.0. The normalized spacial score (nSPS) is 11.0. The molecule has 0 aromatic heterocycles. The van der Waals surface area contributed by atoms with E-state index in [0.717, 1.165) is 11.1 Å². The van der Waals surface area contributed by atoms with E-state index < -0.39 is 28.5 Å². The van der Waals surface area contributed by atoms with Gasteiger partial charge in [-0.15, -0.1) is 0 Å². The van der Waals surface area contributed by atoms with Gasteiger partial charge in [0.2, 0.25) is 0 Å². The van der Waals surface area contributed by atoms with Crippen molar-refractivity contribution in [2.75, 3.05) is 25.5 Å². The number of sulfonamides is 1. The fourth-order valence-electron chi connectivity index (χ4n) is 3.44. The Hall–Kier alpha value is -3.85. The van der Waals surface area contributed by atoms with E-state index in [1.165, 1.54) is 17.0 Å². The van der Waals surface area contributed by atoms with Gasteiger partial charge in [0.05, 0.1) is 23.3 Å². The van der Waals surface area contributed by atoms with Crippen molar-refractivity contribution in [2.45, 2.75) is 25.3 Å². The zero-order valence-corrected chi connectivity index (χ0v) is 20.9. The van der Waals surface area contributed by atoms with Crippen molar-refractivity contribution in [1.82, 2.24) is 4.90 Å². The number of esters is 1. The smallest absolute Gasteiger partial charge is 0.340 e. The molecule has 0 bridgehead atoms. The minimum absolute atomic E-state index is 0.00145. The molecule has 0 saturated heterocycles. The summed E-state index contributed by atoms with van der Waals surface area (Å²) in [6.07, 6.45) is 0. The molecule has 1 N–H and O–H groups in total. The molecular formula is C26H28N2O6S. The molecule has 3 aromatic rings. The molecule has 3 aromatic carbocycles. The molecule has 0 aliphatic rings. The molecule has 0 fully saturated rings. The highest BCUT2D eigenvalue weighted by Crippen LogP contribution is 2.24. The highest BCUT2D eigenvalue weighted by molar-refractivity contribution is 7.92. The lowest BCUT2D eigenvalue weighted by atomic mass is 10.2. The Morgan fingerprint density at radius 3 is 2.40 bits per heavy atom. The van der Waals surface area contributed by atoms with Gasteiger partial charge in [-0.3, -0.25) is 9.52 Å². The van der Waals surface area contributed by atoms with Gasteiger partial charge in [0.15, 0.2) is 6.61 Å². The van der Waals surface area contributed by atoms with Crippen molar-refractivity contribution in [2.24, 2.45) is 0 Å². The summed E-state index contributed by atoms with van der Waals surface area (Å²) in [5, 5.41) is 0. The third kappa shape index (κ3) is 6.39. The Morgan fingerprint density at radius 1 is 0.971 bits per heavy atom. The standard InChI is InChI=1S/C26H28N2O6S/c1-18-13-14-19(2)24(15-18)35(31,32)27-22-11-7-6-10-21(22)26(30)34-17-25(29)28(3)16-20-9-5-8-12-23(20)33-4/h5-15,27H,16-17H2,1-4H3. The van der Waals surface area contributed by atoms with Crippen LogP contribution >= 0.6 is 0 Å². The van der Waals surface area contributed by atoms with Crippen molar-refractivity contribution in [1.29, 1.82) is 0 Å². The highest BCUT2D eigenvalue weighted by Gasteiger charge is 2.22. The van der Waals surface area contributed by atoms with Crippen molar-refractivity contribution >= 4 is 27.6 Å². The maximum absolute atomic E-state index is 13.0. The number of para-hydroxylation sites is 2. The van der Waals surface area contributed by atoms with Crippen molar-refractivity contribution in [3.63, 3.8) is 0 Å². The van der Waals surface area contributed by atoms with Gasteiger partial charge in [0.1, 0.15) is 5.75 Å². The number of nitrogens with zero attached hydrogens (tertiary/aromatic N) is 1. The fraction of sp³-hybridized carbons (Fsp3) is 0.231. The highest BCUT2D eigenvalue weighted by atomic mass is 32.2. The number of nitrogens with one attached hydrogen (secondary N) is 1. The van der Waals surface area contributed by atoms with Gasteiger partial charge < -0.3 is 14.4 Å².